The number of pyridine rings is 1. The number of nitrogens with zero attached hydrogens (tertiary/aromatic N) is 6. The molecule has 0 spiro atoms. The van der Waals surface area contributed by atoms with Crippen LogP contribution in [0.15, 0.2) is 48.9 Å². The Balaban J connectivity index is 1.54. The molecule has 2 N–H and O–H groups in total. The van der Waals surface area contributed by atoms with Crippen LogP contribution in [0.3, 0.4) is 0 Å². The molecule has 9 nitrogen and oxygen atoms in total. The number of nitrogens with one attached hydrogen (secondary N) is 2. The fourth-order valence-electron chi connectivity index (χ4n) is 3.44. The van der Waals surface area contributed by atoms with Gasteiger partial charge in [0.2, 0.25) is 5.88 Å². The van der Waals surface area contributed by atoms with Gasteiger partial charge in [-0.2, -0.15) is 0 Å². The van der Waals surface area contributed by atoms with E-state index < -0.39 is 0 Å². The molecule has 4 heterocycles. The summed E-state index contributed by atoms with van der Waals surface area (Å²) in [5.41, 5.74) is 4.21. The Bertz CT molecular complexity index is 1320. The normalized spacial score (nSPS) is 11.5. The maximum absolute atomic E-state index is 5.16. The molecular formula is C22H22N8O. The van der Waals surface area contributed by atoms with Crippen molar-refractivity contribution in [3.8, 4) is 17.3 Å². The van der Waals surface area contributed by atoms with E-state index in [-0.39, 0.29) is 6.04 Å². The summed E-state index contributed by atoms with van der Waals surface area (Å²) in [7, 11) is 1.59. The van der Waals surface area contributed by atoms with E-state index in [0.29, 0.717) is 24.1 Å². The molecule has 0 fully saturated rings. The van der Waals surface area contributed by atoms with Crippen LogP contribution in [0.4, 0.5) is 5.82 Å². The molecule has 0 aliphatic carbocycles. The zero-order chi connectivity index (χ0) is 21.4. The van der Waals surface area contributed by atoms with Crippen LogP contribution in [-0.2, 0) is 6.54 Å². The Morgan fingerprint density at radius 1 is 1.06 bits per heavy atom. The molecule has 0 saturated heterocycles. The molecule has 4 aromatic heterocycles. The summed E-state index contributed by atoms with van der Waals surface area (Å²) >= 11 is 0. The van der Waals surface area contributed by atoms with Crippen LogP contribution in [0.5, 0.6) is 5.88 Å². The number of aromatic amines is 1. The third-order valence-corrected chi connectivity index (χ3v) is 5.04. The van der Waals surface area contributed by atoms with Gasteiger partial charge in [0.15, 0.2) is 17.3 Å². The van der Waals surface area contributed by atoms with Gasteiger partial charge >= 0.3 is 0 Å². The first kappa shape index (κ1) is 19.0. The van der Waals surface area contributed by atoms with Crippen LogP contribution >= 0.6 is 0 Å². The number of hydrogen-bond donors (Lipinski definition) is 2. The summed E-state index contributed by atoms with van der Waals surface area (Å²) in [6.07, 6.45) is 3.51. The van der Waals surface area contributed by atoms with Gasteiger partial charge in [-0.05, 0) is 32.0 Å². The highest BCUT2D eigenvalue weighted by Gasteiger charge is 2.16. The predicted molar refractivity (Wildman–Crippen MR) is 119 cm³/mol. The van der Waals surface area contributed by atoms with E-state index in [0.717, 1.165) is 33.6 Å². The standard InChI is InChI=1S/C22H22N8O/c1-13(2)30-12-25-19-21(24-11-17-26-15-6-4-5-7-16(15)27-17)28-20(29-22(19)30)14-8-9-18(31-3)23-10-14/h4-10,12-13H,11H2,1-3H3,(H,26,27)(H,24,28,29). The number of aromatic nitrogens is 7. The molecule has 0 amide bonds. The molecule has 0 unspecified atom stereocenters. The van der Waals surface area contributed by atoms with Crippen molar-refractivity contribution in [3.63, 3.8) is 0 Å². The summed E-state index contributed by atoms with van der Waals surface area (Å²) in [5.74, 6) is 2.58. The molecule has 0 atom stereocenters. The molecule has 0 bridgehead atoms. The molecule has 0 radical (unpaired) electrons. The number of hydrogen-bond acceptors (Lipinski definition) is 7. The lowest BCUT2D eigenvalue weighted by molar-refractivity contribution is 0.398. The minimum atomic E-state index is 0.213. The maximum atomic E-state index is 5.16. The van der Waals surface area contributed by atoms with Crippen molar-refractivity contribution >= 4 is 28.0 Å². The quantitative estimate of drug-likeness (QED) is 0.433. The summed E-state index contributed by atoms with van der Waals surface area (Å²) < 4.78 is 7.19. The Hall–Kier alpha value is -4.01. The highest BCUT2D eigenvalue weighted by atomic mass is 16.5. The van der Waals surface area contributed by atoms with E-state index in [1.54, 1.807) is 25.7 Å². The SMILES string of the molecule is COc1ccc(-c2nc(NCc3nc4ccccc4[nH]3)c3ncn(C(C)C)c3n2)cn1. The average Bonchev–Trinajstić information content (AvgIpc) is 3.41. The second-order valence-corrected chi connectivity index (χ2v) is 7.46. The first-order valence-corrected chi connectivity index (χ1v) is 10.0. The third kappa shape index (κ3) is 3.54. The number of imidazole rings is 2. The highest BCUT2D eigenvalue weighted by molar-refractivity contribution is 5.85. The molecule has 0 aliphatic heterocycles. The lowest BCUT2D eigenvalue weighted by Gasteiger charge is -2.11. The monoisotopic (exact) mass is 414 g/mol. The number of anilines is 1. The molecule has 5 aromatic rings. The first-order chi connectivity index (χ1) is 15.1. The Labute approximate surface area is 178 Å². The molecule has 5 rings (SSSR count). The average molecular weight is 414 g/mol. The predicted octanol–water partition coefficient (Wildman–Crippen LogP) is 3.97. The van der Waals surface area contributed by atoms with E-state index in [1.807, 2.05) is 34.9 Å². The van der Waals surface area contributed by atoms with E-state index in [9.17, 15) is 0 Å². The van der Waals surface area contributed by atoms with Crippen LogP contribution in [0.1, 0.15) is 25.7 Å². The molecule has 0 aliphatic rings. The number of rotatable bonds is 6. The van der Waals surface area contributed by atoms with Crippen molar-refractivity contribution in [1.82, 2.24) is 34.5 Å². The van der Waals surface area contributed by atoms with Crippen LogP contribution < -0.4 is 10.1 Å². The Morgan fingerprint density at radius 2 is 1.94 bits per heavy atom. The molecule has 9 heteroatoms. The number of benzene rings is 1. The van der Waals surface area contributed by atoms with Gasteiger partial charge in [-0.3, -0.25) is 0 Å². The summed E-state index contributed by atoms with van der Waals surface area (Å²) in [4.78, 5) is 26.3. The number of ether oxygens (including phenoxy) is 1. The number of para-hydroxylation sites is 2. The van der Waals surface area contributed by atoms with Gasteiger partial charge in [-0.1, -0.05) is 12.1 Å². The fourth-order valence-corrected chi connectivity index (χ4v) is 3.44. The number of fused-ring (bicyclic) bond motifs is 2. The van der Waals surface area contributed by atoms with Crippen LogP contribution in [-0.4, -0.2) is 41.6 Å². The fraction of sp³-hybridized carbons (Fsp3) is 0.227. The van der Waals surface area contributed by atoms with E-state index in [4.69, 9.17) is 14.7 Å². The summed E-state index contributed by atoms with van der Waals surface area (Å²) in [6, 6.07) is 11.9. The second kappa shape index (κ2) is 7.67. The maximum Gasteiger partial charge on any atom is 0.212 e. The van der Waals surface area contributed by atoms with Crippen molar-refractivity contribution < 1.29 is 4.74 Å². The molecule has 1 aromatic carbocycles. The smallest absolute Gasteiger partial charge is 0.212 e. The van der Waals surface area contributed by atoms with E-state index >= 15 is 0 Å². The first-order valence-electron chi connectivity index (χ1n) is 10.0. The van der Waals surface area contributed by atoms with Gasteiger partial charge < -0.3 is 19.6 Å². The van der Waals surface area contributed by atoms with Gasteiger partial charge in [0.05, 0.1) is 31.0 Å². The van der Waals surface area contributed by atoms with Crippen molar-refractivity contribution in [2.24, 2.45) is 0 Å². The van der Waals surface area contributed by atoms with E-state index in [2.05, 4.69) is 39.1 Å². The zero-order valence-electron chi connectivity index (χ0n) is 17.5. The molecule has 156 valence electrons. The Kier molecular flexibility index (Phi) is 4.70. The minimum Gasteiger partial charge on any atom is -0.481 e. The van der Waals surface area contributed by atoms with Gasteiger partial charge in [-0.25, -0.2) is 24.9 Å². The lowest BCUT2D eigenvalue weighted by Crippen LogP contribution is -2.07. The molecule has 0 saturated carbocycles. The second-order valence-electron chi connectivity index (χ2n) is 7.46. The largest absolute Gasteiger partial charge is 0.481 e. The lowest BCUT2D eigenvalue weighted by atomic mass is 10.2. The number of methoxy groups -OCH3 is 1. The van der Waals surface area contributed by atoms with Crippen molar-refractivity contribution in [2.75, 3.05) is 12.4 Å². The topological polar surface area (TPSA) is 106 Å². The van der Waals surface area contributed by atoms with Crippen LogP contribution in [0.25, 0.3) is 33.6 Å². The van der Waals surface area contributed by atoms with Gasteiger partial charge in [0.1, 0.15) is 11.3 Å². The molecular weight excluding hydrogens is 392 g/mol. The molecule has 31 heavy (non-hydrogen) atoms. The Morgan fingerprint density at radius 3 is 2.68 bits per heavy atom. The highest BCUT2D eigenvalue weighted by Crippen LogP contribution is 2.26. The van der Waals surface area contributed by atoms with Gasteiger partial charge in [0.25, 0.3) is 0 Å². The zero-order valence-corrected chi connectivity index (χ0v) is 17.5. The number of H-pyrrole nitrogens is 1. The van der Waals surface area contributed by atoms with Crippen LogP contribution in [0.2, 0.25) is 0 Å². The minimum absolute atomic E-state index is 0.213. The van der Waals surface area contributed by atoms with Gasteiger partial charge in [-0.15, -0.1) is 0 Å². The third-order valence-electron chi connectivity index (χ3n) is 5.04. The summed E-state index contributed by atoms with van der Waals surface area (Å²) in [6.45, 7) is 4.67. The van der Waals surface area contributed by atoms with Crippen molar-refractivity contribution in [2.45, 2.75) is 26.4 Å². The van der Waals surface area contributed by atoms with Gasteiger partial charge in [0, 0.05) is 23.9 Å². The van der Waals surface area contributed by atoms with Crippen molar-refractivity contribution in [3.05, 3.63) is 54.7 Å². The van der Waals surface area contributed by atoms with Crippen LogP contribution in [0, 0.1) is 0 Å². The summed E-state index contributed by atoms with van der Waals surface area (Å²) in [5, 5.41) is 3.38. The van der Waals surface area contributed by atoms with Crippen molar-refractivity contribution in [1.29, 1.82) is 0 Å². The van der Waals surface area contributed by atoms with E-state index in [1.165, 1.54) is 0 Å².